The predicted octanol–water partition coefficient (Wildman–Crippen LogP) is 0.933. The van der Waals surface area contributed by atoms with Crippen LogP contribution in [0.4, 0.5) is 0 Å². The second-order valence-corrected chi connectivity index (χ2v) is 5.39. The van der Waals surface area contributed by atoms with Crippen molar-refractivity contribution in [1.82, 2.24) is 16.0 Å². The van der Waals surface area contributed by atoms with E-state index >= 15 is 0 Å². The van der Waals surface area contributed by atoms with E-state index in [4.69, 9.17) is 5.73 Å². The van der Waals surface area contributed by atoms with Crippen LogP contribution in [0.5, 0.6) is 0 Å². The maximum Gasteiger partial charge on any atom is 0.243 e. The minimum absolute atomic E-state index is 0.00671. The Morgan fingerprint density at radius 3 is 2.24 bits per heavy atom. The van der Waals surface area contributed by atoms with Crippen LogP contribution in [0.25, 0.3) is 0 Å². The van der Waals surface area contributed by atoms with Crippen molar-refractivity contribution < 1.29 is 4.79 Å². The lowest BCUT2D eigenvalue weighted by atomic mass is 10.1. The molecule has 0 heterocycles. The van der Waals surface area contributed by atoms with Gasteiger partial charge in [-0.3, -0.25) is 4.79 Å². The lowest BCUT2D eigenvalue weighted by molar-refractivity contribution is -0.116. The predicted molar refractivity (Wildman–Crippen MR) is 90.2 cm³/mol. The first-order valence-electron chi connectivity index (χ1n) is 7.76. The van der Waals surface area contributed by atoms with Gasteiger partial charge >= 0.3 is 0 Å². The molecule has 0 spiro atoms. The minimum Gasteiger partial charge on any atom is -0.351 e. The molecule has 0 fully saturated rings. The summed E-state index contributed by atoms with van der Waals surface area (Å²) in [7, 11) is 0. The van der Waals surface area contributed by atoms with Crippen molar-refractivity contribution in [1.29, 1.82) is 0 Å². The van der Waals surface area contributed by atoms with E-state index in [0.717, 1.165) is 44.6 Å². The van der Waals surface area contributed by atoms with Crippen LogP contribution in [0.1, 0.15) is 33.6 Å². The van der Waals surface area contributed by atoms with Gasteiger partial charge in [-0.15, -0.1) is 0 Å². The lowest BCUT2D eigenvalue weighted by Gasteiger charge is -2.06. The maximum absolute atomic E-state index is 11.7. The first-order chi connectivity index (χ1) is 10.1. The Kier molecular flexibility index (Phi) is 13.0. The molecule has 0 aliphatic carbocycles. The summed E-state index contributed by atoms with van der Waals surface area (Å²) in [5.74, 6) is -0.00671. The number of rotatable bonds is 12. The van der Waals surface area contributed by atoms with Crippen molar-refractivity contribution in [2.24, 2.45) is 5.73 Å². The molecule has 0 saturated heterocycles. The number of nitrogens with two attached hydrogens (primary N) is 1. The van der Waals surface area contributed by atoms with E-state index in [1.54, 1.807) is 6.08 Å². The molecule has 0 bridgehead atoms. The van der Waals surface area contributed by atoms with Crippen LogP contribution in [0, 0.1) is 0 Å². The monoisotopic (exact) mass is 296 g/mol. The molecule has 0 unspecified atom stereocenters. The van der Waals surface area contributed by atoms with Crippen LogP contribution in [-0.4, -0.2) is 45.2 Å². The van der Waals surface area contributed by atoms with Gasteiger partial charge in [0.05, 0.1) is 0 Å². The van der Waals surface area contributed by atoms with Crippen LogP contribution in [0.2, 0.25) is 0 Å². The van der Waals surface area contributed by atoms with Crippen LogP contribution in [0.3, 0.4) is 0 Å². The highest BCUT2D eigenvalue weighted by Gasteiger charge is 1.97. The fourth-order valence-corrected chi connectivity index (χ4v) is 1.74. The Balaban J connectivity index is 3.58. The van der Waals surface area contributed by atoms with Crippen molar-refractivity contribution in [2.75, 3.05) is 39.3 Å². The fraction of sp³-hybridized carbons (Fsp3) is 0.688. The second-order valence-electron chi connectivity index (χ2n) is 5.39. The van der Waals surface area contributed by atoms with Gasteiger partial charge in [0.2, 0.25) is 5.91 Å². The van der Waals surface area contributed by atoms with Crippen molar-refractivity contribution >= 4 is 5.91 Å². The van der Waals surface area contributed by atoms with Gasteiger partial charge in [0.25, 0.3) is 0 Å². The lowest BCUT2D eigenvalue weighted by Crippen LogP contribution is -2.35. The zero-order valence-corrected chi connectivity index (χ0v) is 13.8. The Labute approximate surface area is 129 Å². The molecular formula is C16H32N4O. The Morgan fingerprint density at radius 2 is 1.62 bits per heavy atom. The molecule has 1 amide bonds. The van der Waals surface area contributed by atoms with E-state index in [1.165, 1.54) is 5.57 Å². The third-order valence-corrected chi connectivity index (χ3v) is 2.87. The normalized spacial score (nSPS) is 11.3. The molecule has 0 aromatic carbocycles. The standard InChI is InChI=1S/C16H32N4O/c1-14(2)5-4-6-15(3)13-16(21)20-12-11-19-10-9-18-8-7-17/h5,13,18-19H,4,6-12,17H2,1-3H3,(H,20,21)/b15-13+. The summed E-state index contributed by atoms with van der Waals surface area (Å²) in [5.41, 5.74) is 7.80. The molecule has 0 saturated carbocycles. The summed E-state index contributed by atoms with van der Waals surface area (Å²) in [5, 5.41) is 9.33. The van der Waals surface area contributed by atoms with Crippen molar-refractivity contribution in [3.63, 3.8) is 0 Å². The maximum atomic E-state index is 11.7. The van der Waals surface area contributed by atoms with Crippen LogP contribution in [-0.2, 0) is 4.79 Å². The van der Waals surface area contributed by atoms with Gasteiger partial charge in [-0.2, -0.15) is 0 Å². The zero-order valence-electron chi connectivity index (χ0n) is 13.8. The number of amides is 1. The Morgan fingerprint density at radius 1 is 1.00 bits per heavy atom. The number of carbonyl (C=O) groups excluding carboxylic acids is 1. The van der Waals surface area contributed by atoms with E-state index in [1.807, 2.05) is 6.92 Å². The van der Waals surface area contributed by atoms with Crippen LogP contribution < -0.4 is 21.7 Å². The summed E-state index contributed by atoms with van der Waals surface area (Å²) in [6, 6.07) is 0. The Hall–Kier alpha value is -1.17. The van der Waals surface area contributed by atoms with Gasteiger partial charge in [-0.1, -0.05) is 17.2 Å². The molecule has 0 aromatic heterocycles. The quantitative estimate of drug-likeness (QED) is 0.245. The molecule has 0 rings (SSSR count). The second kappa shape index (κ2) is 13.8. The van der Waals surface area contributed by atoms with E-state index < -0.39 is 0 Å². The third kappa shape index (κ3) is 15.0. The first kappa shape index (κ1) is 19.8. The molecule has 21 heavy (non-hydrogen) atoms. The number of nitrogens with one attached hydrogen (secondary N) is 3. The molecule has 122 valence electrons. The van der Waals surface area contributed by atoms with Gasteiger partial charge in [0.15, 0.2) is 0 Å². The van der Waals surface area contributed by atoms with E-state index in [-0.39, 0.29) is 5.91 Å². The smallest absolute Gasteiger partial charge is 0.243 e. The van der Waals surface area contributed by atoms with Crippen molar-refractivity contribution in [2.45, 2.75) is 33.6 Å². The summed E-state index contributed by atoms with van der Waals surface area (Å²) in [6.45, 7) is 10.9. The fourth-order valence-electron chi connectivity index (χ4n) is 1.74. The number of hydrogen-bond donors (Lipinski definition) is 4. The summed E-state index contributed by atoms with van der Waals surface area (Å²) >= 11 is 0. The van der Waals surface area contributed by atoms with E-state index in [0.29, 0.717) is 13.1 Å². The zero-order chi connectivity index (χ0) is 15.9. The van der Waals surface area contributed by atoms with Gasteiger partial charge in [-0.25, -0.2) is 0 Å². The third-order valence-electron chi connectivity index (χ3n) is 2.87. The van der Waals surface area contributed by atoms with Gasteiger partial charge in [0, 0.05) is 45.3 Å². The molecule has 5 N–H and O–H groups in total. The van der Waals surface area contributed by atoms with E-state index in [9.17, 15) is 4.79 Å². The average Bonchev–Trinajstić information content (AvgIpc) is 2.41. The number of allylic oxidation sites excluding steroid dienone is 3. The van der Waals surface area contributed by atoms with Gasteiger partial charge in [-0.05, 0) is 33.6 Å². The highest BCUT2D eigenvalue weighted by Crippen LogP contribution is 2.06. The molecule has 0 aliphatic heterocycles. The van der Waals surface area contributed by atoms with Gasteiger partial charge < -0.3 is 21.7 Å². The summed E-state index contributed by atoms with van der Waals surface area (Å²) in [6.07, 6.45) is 5.82. The summed E-state index contributed by atoms with van der Waals surface area (Å²) in [4.78, 5) is 11.7. The van der Waals surface area contributed by atoms with Crippen molar-refractivity contribution in [3.05, 3.63) is 23.3 Å². The first-order valence-corrected chi connectivity index (χ1v) is 7.76. The molecule has 0 radical (unpaired) electrons. The minimum atomic E-state index is -0.00671. The summed E-state index contributed by atoms with van der Waals surface area (Å²) < 4.78 is 0. The number of hydrogen-bond acceptors (Lipinski definition) is 4. The van der Waals surface area contributed by atoms with Crippen LogP contribution >= 0.6 is 0 Å². The molecule has 5 heteroatoms. The molecule has 0 aromatic rings. The number of carbonyl (C=O) groups is 1. The van der Waals surface area contributed by atoms with E-state index in [2.05, 4.69) is 35.9 Å². The van der Waals surface area contributed by atoms with Crippen LogP contribution in [0.15, 0.2) is 23.3 Å². The molecule has 0 atom stereocenters. The SMILES string of the molecule is CC(C)=CCC/C(C)=C/C(=O)NCCNCCNCCN. The highest BCUT2D eigenvalue weighted by molar-refractivity contribution is 5.88. The largest absolute Gasteiger partial charge is 0.351 e. The topological polar surface area (TPSA) is 79.2 Å². The Bertz CT molecular complexity index is 333. The molecular weight excluding hydrogens is 264 g/mol. The highest BCUT2D eigenvalue weighted by atomic mass is 16.1. The average molecular weight is 296 g/mol. The van der Waals surface area contributed by atoms with Crippen molar-refractivity contribution in [3.8, 4) is 0 Å². The van der Waals surface area contributed by atoms with Gasteiger partial charge in [0.1, 0.15) is 0 Å². The molecule has 0 aliphatic rings. The molecule has 5 nitrogen and oxygen atoms in total.